The lowest BCUT2D eigenvalue weighted by Gasteiger charge is -2.12. The summed E-state index contributed by atoms with van der Waals surface area (Å²) in [5.74, 6) is 1.53. The maximum Gasteiger partial charge on any atom is 0.213 e. The molecule has 0 bridgehead atoms. The molecule has 1 unspecified atom stereocenters. The molecular weight excluding hydrogens is 448 g/mol. The molecule has 4 aromatic rings. The number of carbonyl (C=O) groups excluding carboxylic acids is 1. The van der Waals surface area contributed by atoms with Crippen LogP contribution >= 0.6 is 0 Å². The molecule has 3 heterocycles. The maximum absolute atomic E-state index is 11.9. The zero-order chi connectivity index (χ0) is 25.8. The number of ketones is 1. The van der Waals surface area contributed by atoms with Crippen LogP contribution in [-0.4, -0.2) is 32.5 Å². The summed E-state index contributed by atoms with van der Waals surface area (Å²) in [5.41, 5.74) is 7.79. The summed E-state index contributed by atoms with van der Waals surface area (Å²) in [7, 11) is 1.59. The predicted molar refractivity (Wildman–Crippen MR) is 144 cm³/mol. The van der Waals surface area contributed by atoms with E-state index in [1.807, 2.05) is 32.9 Å². The Kier molecular flexibility index (Phi) is 7.82. The van der Waals surface area contributed by atoms with Gasteiger partial charge in [-0.2, -0.15) is 5.10 Å². The van der Waals surface area contributed by atoms with E-state index in [0.717, 1.165) is 28.6 Å². The van der Waals surface area contributed by atoms with Crippen LogP contribution in [0.25, 0.3) is 16.9 Å². The van der Waals surface area contributed by atoms with E-state index in [2.05, 4.69) is 46.3 Å². The molecule has 0 fully saturated rings. The monoisotopic (exact) mass is 484 g/mol. The van der Waals surface area contributed by atoms with Crippen molar-refractivity contribution < 1.29 is 9.53 Å². The van der Waals surface area contributed by atoms with Gasteiger partial charge in [0.05, 0.1) is 35.3 Å². The number of methoxy groups -OCH3 is 1. The van der Waals surface area contributed by atoms with Crippen molar-refractivity contribution in [3.63, 3.8) is 0 Å². The highest BCUT2D eigenvalue weighted by Crippen LogP contribution is 2.35. The highest BCUT2D eigenvalue weighted by Gasteiger charge is 2.22. The van der Waals surface area contributed by atoms with Crippen molar-refractivity contribution in [1.82, 2.24) is 19.6 Å². The Labute approximate surface area is 213 Å². The number of Topliss-reactive ketones (excluding diaryl/α,β-unsaturated/α-hetero) is 1. The van der Waals surface area contributed by atoms with Gasteiger partial charge in [0.2, 0.25) is 5.88 Å². The van der Waals surface area contributed by atoms with Gasteiger partial charge in [-0.05, 0) is 62.1 Å². The smallest absolute Gasteiger partial charge is 0.213 e. The van der Waals surface area contributed by atoms with E-state index >= 15 is 0 Å². The van der Waals surface area contributed by atoms with Crippen LogP contribution in [0.15, 0.2) is 48.7 Å². The first-order valence-corrected chi connectivity index (χ1v) is 12.8. The van der Waals surface area contributed by atoms with Crippen LogP contribution < -0.4 is 4.74 Å². The Morgan fingerprint density at radius 2 is 1.94 bits per heavy atom. The molecule has 1 aliphatic rings. The van der Waals surface area contributed by atoms with Gasteiger partial charge in [-0.3, -0.25) is 4.79 Å². The largest absolute Gasteiger partial charge is 0.481 e. The Bertz CT molecular complexity index is 1370. The van der Waals surface area contributed by atoms with Crippen LogP contribution in [-0.2, 0) is 6.42 Å². The number of fused-ring (bicyclic) bond motifs is 2. The van der Waals surface area contributed by atoms with Crippen molar-refractivity contribution in [2.75, 3.05) is 7.11 Å². The van der Waals surface area contributed by atoms with Crippen molar-refractivity contribution in [1.29, 1.82) is 0 Å². The third-order valence-corrected chi connectivity index (χ3v) is 6.87. The number of pyridine rings is 1. The Morgan fingerprint density at radius 3 is 2.64 bits per heavy atom. The van der Waals surface area contributed by atoms with Crippen molar-refractivity contribution in [3.05, 3.63) is 76.7 Å². The van der Waals surface area contributed by atoms with Gasteiger partial charge < -0.3 is 4.74 Å². The first-order valence-electron chi connectivity index (χ1n) is 12.8. The molecular formula is C30H36N4O2. The minimum absolute atomic E-state index is 0.0118. The normalized spacial score (nSPS) is 14.5. The number of nitrogens with zero attached hydrogens (tertiary/aromatic N) is 4. The van der Waals surface area contributed by atoms with Gasteiger partial charge in [-0.15, -0.1) is 0 Å². The molecule has 188 valence electrons. The van der Waals surface area contributed by atoms with Gasteiger partial charge in [-0.1, -0.05) is 57.5 Å². The Hall–Kier alpha value is -3.54. The fraction of sp³-hybridized carbons (Fsp3) is 0.400. The zero-order valence-electron chi connectivity index (χ0n) is 22.2. The van der Waals surface area contributed by atoms with Gasteiger partial charge in [0.15, 0.2) is 11.4 Å². The fourth-order valence-corrected chi connectivity index (χ4v) is 5.20. The van der Waals surface area contributed by atoms with E-state index in [1.54, 1.807) is 41.9 Å². The first-order chi connectivity index (χ1) is 17.3. The van der Waals surface area contributed by atoms with Crippen molar-refractivity contribution in [3.8, 4) is 17.1 Å². The third-order valence-electron chi connectivity index (χ3n) is 6.87. The highest BCUT2D eigenvalue weighted by molar-refractivity contribution is 5.95. The second-order valence-electron chi connectivity index (χ2n) is 9.75. The number of aryl methyl sites for hydroxylation is 2. The summed E-state index contributed by atoms with van der Waals surface area (Å²) < 4.78 is 6.99. The summed E-state index contributed by atoms with van der Waals surface area (Å²) in [6, 6.07) is 14.5. The van der Waals surface area contributed by atoms with Gasteiger partial charge in [0.25, 0.3) is 0 Å². The van der Waals surface area contributed by atoms with Crippen LogP contribution in [0.5, 0.6) is 5.88 Å². The molecule has 0 radical (unpaired) electrons. The fourth-order valence-electron chi connectivity index (χ4n) is 5.20. The summed E-state index contributed by atoms with van der Waals surface area (Å²) in [5, 5.41) is 4.63. The summed E-state index contributed by atoms with van der Waals surface area (Å²) in [6.07, 6.45) is 7.02. The summed E-state index contributed by atoms with van der Waals surface area (Å²) in [4.78, 5) is 20.9. The molecule has 5 rings (SSSR count). The van der Waals surface area contributed by atoms with Gasteiger partial charge in [0, 0.05) is 12.3 Å². The van der Waals surface area contributed by atoms with E-state index in [4.69, 9.17) is 4.74 Å². The number of benzene rings is 1. The van der Waals surface area contributed by atoms with Crippen LogP contribution in [0.2, 0.25) is 0 Å². The lowest BCUT2D eigenvalue weighted by Crippen LogP contribution is -2.10. The number of ether oxygens (including phenoxy) is 1. The molecule has 0 N–H and O–H groups in total. The van der Waals surface area contributed by atoms with E-state index in [0.29, 0.717) is 17.1 Å². The molecule has 1 aliphatic carbocycles. The summed E-state index contributed by atoms with van der Waals surface area (Å²) in [6.45, 7) is 9.84. The molecule has 0 saturated heterocycles. The molecule has 36 heavy (non-hydrogen) atoms. The second kappa shape index (κ2) is 11.0. The average molecular weight is 485 g/mol. The lowest BCUT2D eigenvalue weighted by atomic mass is 9.97. The van der Waals surface area contributed by atoms with Crippen LogP contribution in [0.4, 0.5) is 0 Å². The Balaban J connectivity index is 0.000000211. The quantitative estimate of drug-likeness (QED) is 0.277. The minimum atomic E-state index is -0.0118. The average Bonchev–Trinajstić information content (AvgIpc) is 3.44. The Morgan fingerprint density at radius 1 is 1.17 bits per heavy atom. The molecule has 0 spiro atoms. The van der Waals surface area contributed by atoms with Crippen LogP contribution in [0.3, 0.4) is 0 Å². The standard InChI is InChI=1S/C18H20N4O2.C12H16/c1-10(2)17-13(12(4)23)9-19-18-16(11(3)21-22(17)18)14-7-6-8-15(20-14)24-5;1-2-5-10-8-9-11-6-3-4-7-12(10)11/h6-10H,1-5H3;3-4,6-7,10H,2,5,8-9H2,1H3. The van der Waals surface area contributed by atoms with Crippen LogP contribution in [0, 0.1) is 6.92 Å². The van der Waals surface area contributed by atoms with Gasteiger partial charge in [0.1, 0.15) is 0 Å². The first kappa shape index (κ1) is 25.5. The molecule has 0 aliphatic heterocycles. The SMILES string of the molecule is CCCC1CCc2ccccc21.COc1cccc(-c2c(C)nn3c(C(C)C)c(C(C)=O)cnc23)n1. The lowest BCUT2D eigenvalue weighted by molar-refractivity contribution is 0.101. The molecule has 1 aromatic carbocycles. The molecule has 6 nitrogen and oxygen atoms in total. The number of hydrogen-bond acceptors (Lipinski definition) is 5. The van der Waals surface area contributed by atoms with Crippen molar-refractivity contribution in [2.24, 2.45) is 0 Å². The number of rotatable bonds is 6. The topological polar surface area (TPSA) is 69.4 Å². The molecule has 6 heteroatoms. The molecule has 1 atom stereocenters. The molecule has 0 amide bonds. The number of carbonyl (C=O) groups is 1. The van der Waals surface area contributed by atoms with Gasteiger partial charge in [-0.25, -0.2) is 14.5 Å². The highest BCUT2D eigenvalue weighted by atomic mass is 16.5. The van der Waals surface area contributed by atoms with Gasteiger partial charge >= 0.3 is 0 Å². The van der Waals surface area contributed by atoms with Crippen LogP contribution in [0.1, 0.15) is 91.7 Å². The summed E-state index contributed by atoms with van der Waals surface area (Å²) >= 11 is 0. The van der Waals surface area contributed by atoms with E-state index in [9.17, 15) is 4.79 Å². The molecule has 3 aromatic heterocycles. The zero-order valence-corrected chi connectivity index (χ0v) is 22.2. The minimum Gasteiger partial charge on any atom is -0.481 e. The van der Waals surface area contributed by atoms with Crippen molar-refractivity contribution >= 4 is 11.4 Å². The third kappa shape index (κ3) is 5.03. The number of aromatic nitrogens is 4. The van der Waals surface area contributed by atoms with E-state index in [1.165, 1.54) is 25.7 Å². The predicted octanol–water partition coefficient (Wildman–Crippen LogP) is 6.95. The van der Waals surface area contributed by atoms with E-state index in [-0.39, 0.29) is 11.7 Å². The second-order valence-corrected chi connectivity index (χ2v) is 9.75. The number of hydrogen-bond donors (Lipinski definition) is 0. The maximum atomic E-state index is 11.9. The molecule has 0 saturated carbocycles. The van der Waals surface area contributed by atoms with Crippen molar-refractivity contribution in [2.45, 2.75) is 72.1 Å². The van der Waals surface area contributed by atoms with E-state index < -0.39 is 0 Å².